The van der Waals surface area contributed by atoms with E-state index in [1.54, 1.807) is 0 Å². The van der Waals surface area contributed by atoms with Crippen LogP contribution >= 0.6 is 0 Å². The van der Waals surface area contributed by atoms with E-state index < -0.39 is 11.9 Å². The summed E-state index contributed by atoms with van der Waals surface area (Å²) in [7, 11) is 0. The number of carbonyl (C=O) groups is 2. The topological polar surface area (TPSA) is 134 Å². The monoisotopic (exact) mass is 248 g/mol. The molecule has 18 heavy (non-hydrogen) atoms. The third-order valence-corrected chi connectivity index (χ3v) is 2.05. The van der Waals surface area contributed by atoms with Crippen LogP contribution in [-0.2, 0) is 6.54 Å². The van der Waals surface area contributed by atoms with Crippen molar-refractivity contribution < 1.29 is 14.7 Å². The molecule has 0 aliphatic rings. The zero-order chi connectivity index (χ0) is 13.0. The van der Waals surface area contributed by atoms with Gasteiger partial charge in [0.15, 0.2) is 5.82 Å². The number of hydrogen-bond acceptors (Lipinski definition) is 6. The van der Waals surface area contributed by atoms with Crippen molar-refractivity contribution in [3.05, 3.63) is 35.4 Å². The molecule has 2 rings (SSSR count). The summed E-state index contributed by atoms with van der Waals surface area (Å²) in [5.74, 6) is -1.54. The molecule has 1 amide bonds. The standard InChI is InChI=1S/C9H8N6O3/c16-8(11-4-6-12-14-15-13-6)7-5(9(17)18)2-1-3-10-7/h1-3H,4H2,(H,11,16)(H,17,18)(H,12,13,14,15). The van der Waals surface area contributed by atoms with Crippen molar-refractivity contribution in [1.82, 2.24) is 30.9 Å². The molecule has 3 N–H and O–H groups in total. The normalized spacial score (nSPS) is 10.0. The van der Waals surface area contributed by atoms with E-state index in [1.807, 2.05) is 0 Å². The highest BCUT2D eigenvalue weighted by Gasteiger charge is 2.17. The minimum absolute atomic E-state index is 0.0327. The zero-order valence-electron chi connectivity index (χ0n) is 8.99. The molecule has 0 spiro atoms. The van der Waals surface area contributed by atoms with Gasteiger partial charge >= 0.3 is 5.97 Å². The van der Waals surface area contributed by atoms with Gasteiger partial charge in [-0.3, -0.25) is 9.78 Å². The van der Waals surface area contributed by atoms with Crippen LogP contribution in [0.3, 0.4) is 0 Å². The molecule has 0 radical (unpaired) electrons. The Kier molecular flexibility index (Phi) is 3.23. The van der Waals surface area contributed by atoms with Crippen LogP contribution in [0.4, 0.5) is 0 Å². The number of carbonyl (C=O) groups excluding carboxylic acids is 1. The Morgan fingerprint density at radius 3 is 2.94 bits per heavy atom. The average Bonchev–Trinajstić information content (AvgIpc) is 2.89. The van der Waals surface area contributed by atoms with Crippen LogP contribution < -0.4 is 5.32 Å². The molecular formula is C9H8N6O3. The number of nitrogens with one attached hydrogen (secondary N) is 2. The van der Waals surface area contributed by atoms with Gasteiger partial charge in [0.25, 0.3) is 5.91 Å². The Labute approximate surface area is 100 Å². The number of tetrazole rings is 1. The van der Waals surface area contributed by atoms with Crippen LogP contribution in [0.15, 0.2) is 18.3 Å². The number of aromatic amines is 1. The van der Waals surface area contributed by atoms with Crippen molar-refractivity contribution >= 4 is 11.9 Å². The van der Waals surface area contributed by atoms with Gasteiger partial charge in [-0.25, -0.2) is 4.79 Å². The van der Waals surface area contributed by atoms with E-state index in [4.69, 9.17) is 5.11 Å². The summed E-state index contributed by atoms with van der Waals surface area (Å²) in [6.45, 7) is 0.0327. The summed E-state index contributed by atoms with van der Waals surface area (Å²) < 4.78 is 0. The lowest BCUT2D eigenvalue weighted by Gasteiger charge is -2.04. The van der Waals surface area contributed by atoms with Crippen molar-refractivity contribution in [3.8, 4) is 0 Å². The molecule has 0 bridgehead atoms. The maximum absolute atomic E-state index is 11.7. The van der Waals surface area contributed by atoms with E-state index in [2.05, 4.69) is 30.9 Å². The summed E-state index contributed by atoms with van der Waals surface area (Å²) in [6.07, 6.45) is 1.34. The number of carboxylic acids is 1. The highest BCUT2D eigenvalue weighted by Crippen LogP contribution is 2.05. The van der Waals surface area contributed by atoms with Gasteiger partial charge in [0.2, 0.25) is 0 Å². The first-order valence-electron chi connectivity index (χ1n) is 4.87. The first kappa shape index (κ1) is 11.6. The Hall–Kier alpha value is -2.84. The summed E-state index contributed by atoms with van der Waals surface area (Å²) in [5, 5.41) is 24.2. The predicted molar refractivity (Wildman–Crippen MR) is 56.5 cm³/mol. The van der Waals surface area contributed by atoms with E-state index in [-0.39, 0.29) is 23.6 Å². The number of aromatic nitrogens is 5. The molecule has 2 aromatic heterocycles. The van der Waals surface area contributed by atoms with Gasteiger partial charge in [0.1, 0.15) is 5.69 Å². The Balaban J connectivity index is 2.11. The molecule has 9 heteroatoms. The van der Waals surface area contributed by atoms with Gasteiger partial charge in [-0.2, -0.15) is 5.21 Å². The van der Waals surface area contributed by atoms with Crippen LogP contribution in [-0.4, -0.2) is 42.6 Å². The van der Waals surface area contributed by atoms with Gasteiger partial charge in [-0.15, -0.1) is 10.2 Å². The fraction of sp³-hybridized carbons (Fsp3) is 0.111. The van der Waals surface area contributed by atoms with Crippen molar-refractivity contribution in [1.29, 1.82) is 0 Å². The molecule has 2 heterocycles. The minimum Gasteiger partial charge on any atom is -0.478 e. The number of amides is 1. The Morgan fingerprint density at radius 1 is 1.44 bits per heavy atom. The number of H-pyrrole nitrogens is 1. The molecule has 0 aromatic carbocycles. The maximum Gasteiger partial charge on any atom is 0.338 e. The highest BCUT2D eigenvalue weighted by molar-refractivity contribution is 6.03. The highest BCUT2D eigenvalue weighted by atomic mass is 16.4. The molecule has 0 aliphatic carbocycles. The fourth-order valence-corrected chi connectivity index (χ4v) is 1.26. The van der Waals surface area contributed by atoms with Crippen molar-refractivity contribution in [2.24, 2.45) is 0 Å². The minimum atomic E-state index is -1.21. The van der Waals surface area contributed by atoms with Gasteiger partial charge in [0, 0.05) is 6.20 Å². The number of aromatic carboxylic acids is 1. The molecule has 0 atom stereocenters. The van der Waals surface area contributed by atoms with E-state index in [9.17, 15) is 9.59 Å². The van der Waals surface area contributed by atoms with E-state index in [1.165, 1.54) is 18.3 Å². The second-order valence-electron chi connectivity index (χ2n) is 3.22. The number of pyridine rings is 1. The first-order valence-corrected chi connectivity index (χ1v) is 4.87. The molecule has 9 nitrogen and oxygen atoms in total. The van der Waals surface area contributed by atoms with Crippen molar-refractivity contribution in [2.75, 3.05) is 0 Å². The summed E-state index contributed by atoms with van der Waals surface area (Å²) in [5.41, 5.74) is -0.323. The quantitative estimate of drug-likeness (QED) is 0.646. The van der Waals surface area contributed by atoms with Crippen LogP contribution in [0.5, 0.6) is 0 Å². The molecule has 2 aromatic rings. The van der Waals surface area contributed by atoms with Crippen LogP contribution in [0.1, 0.15) is 26.7 Å². The predicted octanol–water partition coefficient (Wildman–Crippen LogP) is -0.777. The molecule has 0 aliphatic heterocycles. The van der Waals surface area contributed by atoms with E-state index >= 15 is 0 Å². The maximum atomic E-state index is 11.7. The third-order valence-electron chi connectivity index (χ3n) is 2.05. The number of rotatable bonds is 4. The zero-order valence-corrected chi connectivity index (χ0v) is 8.99. The summed E-state index contributed by atoms with van der Waals surface area (Å²) >= 11 is 0. The Bertz CT molecular complexity index is 567. The lowest BCUT2D eigenvalue weighted by molar-refractivity contribution is 0.0690. The van der Waals surface area contributed by atoms with Crippen LogP contribution in [0, 0.1) is 0 Å². The second-order valence-corrected chi connectivity index (χ2v) is 3.22. The van der Waals surface area contributed by atoms with E-state index in [0.717, 1.165) is 0 Å². The third kappa shape index (κ3) is 2.45. The van der Waals surface area contributed by atoms with Gasteiger partial charge in [-0.1, -0.05) is 5.21 Å². The SMILES string of the molecule is O=C(O)c1cccnc1C(=O)NCc1nn[nH]n1. The number of carboxylic acid groups (broad SMARTS) is 1. The first-order chi connectivity index (χ1) is 8.68. The Morgan fingerprint density at radius 2 is 2.28 bits per heavy atom. The van der Waals surface area contributed by atoms with E-state index in [0.29, 0.717) is 0 Å². The molecule has 0 saturated heterocycles. The molecule has 0 fully saturated rings. The lowest BCUT2D eigenvalue weighted by Crippen LogP contribution is -2.26. The fourth-order valence-electron chi connectivity index (χ4n) is 1.26. The number of hydrogen-bond donors (Lipinski definition) is 3. The number of nitrogens with zero attached hydrogens (tertiary/aromatic N) is 4. The largest absolute Gasteiger partial charge is 0.478 e. The molecule has 92 valence electrons. The summed E-state index contributed by atoms with van der Waals surface area (Å²) in [6, 6.07) is 2.75. The molecule has 0 saturated carbocycles. The van der Waals surface area contributed by atoms with Crippen molar-refractivity contribution in [3.63, 3.8) is 0 Å². The summed E-state index contributed by atoms with van der Waals surface area (Å²) in [4.78, 5) is 26.4. The second kappa shape index (κ2) is 4.99. The van der Waals surface area contributed by atoms with Gasteiger partial charge < -0.3 is 10.4 Å². The van der Waals surface area contributed by atoms with Crippen LogP contribution in [0.2, 0.25) is 0 Å². The van der Waals surface area contributed by atoms with Gasteiger partial charge in [-0.05, 0) is 12.1 Å². The molecule has 0 unspecified atom stereocenters. The average molecular weight is 248 g/mol. The smallest absolute Gasteiger partial charge is 0.338 e. The van der Waals surface area contributed by atoms with Crippen LogP contribution in [0.25, 0.3) is 0 Å². The lowest BCUT2D eigenvalue weighted by atomic mass is 10.2. The van der Waals surface area contributed by atoms with Gasteiger partial charge in [0.05, 0.1) is 12.1 Å². The molecular weight excluding hydrogens is 240 g/mol. The van der Waals surface area contributed by atoms with Crippen molar-refractivity contribution in [2.45, 2.75) is 6.54 Å².